The summed E-state index contributed by atoms with van der Waals surface area (Å²) in [6, 6.07) is 11.9. The summed E-state index contributed by atoms with van der Waals surface area (Å²) in [5, 5.41) is 3.23. The molecule has 0 saturated carbocycles. The van der Waals surface area contributed by atoms with Crippen LogP contribution in [0.15, 0.2) is 42.5 Å². The molecule has 0 bridgehead atoms. The van der Waals surface area contributed by atoms with Gasteiger partial charge in [-0.05, 0) is 54.2 Å². The predicted molar refractivity (Wildman–Crippen MR) is 131 cm³/mol. The lowest BCUT2D eigenvalue weighted by Crippen LogP contribution is -2.50. The molecule has 0 heterocycles. The number of aryl methyl sites for hydroxylation is 1. The summed E-state index contributed by atoms with van der Waals surface area (Å²) in [6.45, 7) is 10.6. The van der Waals surface area contributed by atoms with Crippen molar-refractivity contribution in [3.05, 3.63) is 58.6 Å². The maximum Gasteiger partial charge on any atom is 0.244 e. The van der Waals surface area contributed by atoms with E-state index in [1.807, 2.05) is 31.2 Å². The highest BCUT2D eigenvalue weighted by molar-refractivity contribution is 7.92. The van der Waals surface area contributed by atoms with Crippen molar-refractivity contribution in [1.29, 1.82) is 0 Å². The van der Waals surface area contributed by atoms with Crippen molar-refractivity contribution in [2.45, 2.75) is 52.5 Å². The Balaban J connectivity index is 2.03. The molecule has 1 atom stereocenters. The Morgan fingerprint density at radius 2 is 1.78 bits per heavy atom. The first-order valence-corrected chi connectivity index (χ1v) is 12.8. The van der Waals surface area contributed by atoms with Crippen LogP contribution < -0.4 is 14.4 Å². The minimum absolute atomic E-state index is 0.0643. The standard InChI is InChI=1S/C24H33ClN2O4S/c1-7-22(27(32(6,29)30)19-11-8-17(2)21(25)16-19)23(28)26-14-15-31-20-12-9-18(10-13-20)24(3,4)5/h8-13,16,22H,7,14-15H2,1-6H3,(H,26,28)/t22-/m1/s1. The second-order valence-corrected chi connectivity index (χ2v) is 11.1. The van der Waals surface area contributed by atoms with Gasteiger partial charge in [-0.1, -0.05) is 57.5 Å². The van der Waals surface area contributed by atoms with Crippen LogP contribution >= 0.6 is 11.6 Å². The predicted octanol–water partition coefficient (Wildman–Crippen LogP) is 4.69. The van der Waals surface area contributed by atoms with Crippen LogP contribution in [0.25, 0.3) is 0 Å². The number of hydrogen-bond acceptors (Lipinski definition) is 4. The molecule has 0 fully saturated rings. The lowest BCUT2D eigenvalue weighted by molar-refractivity contribution is -0.122. The van der Waals surface area contributed by atoms with Crippen molar-refractivity contribution >= 4 is 33.2 Å². The van der Waals surface area contributed by atoms with Crippen molar-refractivity contribution < 1.29 is 17.9 Å². The Bertz CT molecular complexity index is 1030. The molecule has 2 aromatic carbocycles. The number of ether oxygens (including phenoxy) is 1. The molecule has 0 unspecified atom stereocenters. The Morgan fingerprint density at radius 3 is 2.28 bits per heavy atom. The summed E-state index contributed by atoms with van der Waals surface area (Å²) >= 11 is 6.19. The molecule has 0 aliphatic heterocycles. The van der Waals surface area contributed by atoms with Crippen molar-refractivity contribution in [2.75, 3.05) is 23.7 Å². The fraction of sp³-hybridized carbons (Fsp3) is 0.458. The Kier molecular flexibility index (Phi) is 8.60. The number of hydrogen-bond donors (Lipinski definition) is 1. The molecule has 0 saturated heterocycles. The molecule has 1 N–H and O–H groups in total. The van der Waals surface area contributed by atoms with E-state index in [-0.39, 0.29) is 24.5 Å². The third kappa shape index (κ3) is 6.87. The SMILES string of the molecule is CC[C@H](C(=O)NCCOc1ccc(C(C)(C)C)cc1)N(c1ccc(C)c(Cl)c1)S(C)(=O)=O. The molecule has 0 aromatic heterocycles. The van der Waals surface area contributed by atoms with E-state index in [0.29, 0.717) is 22.9 Å². The molecule has 8 heteroatoms. The zero-order chi connectivity index (χ0) is 24.1. The molecule has 2 rings (SSSR count). The van der Waals surface area contributed by atoms with Crippen molar-refractivity contribution in [3.8, 4) is 5.75 Å². The second kappa shape index (κ2) is 10.6. The van der Waals surface area contributed by atoms with E-state index in [2.05, 4.69) is 26.1 Å². The first-order valence-electron chi connectivity index (χ1n) is 10.6. The number of amides is 1. The number of nitrogens with one attached hydrogen (secondary N) is 1. The van der Waals surface area contributed by atoms with Crippen LogP contribution in [0.3, 0.4) is 0 Å². The third-order valence-electron chi connectivity index (χ3n) is 5.13. The molecular formula is C24H33ClN2O4S. The van der Waals surface area contributed by atoms with Crippen LogP contribution in [0.2, 0.25) is 5.02 Å². The number of carbonyl (C=O) groups excluding carboxylic acids is 1. The Morgan fingerprint density at radius 1 is 1.16 bits per heavy atom. The number of rotatable bonds is 9. The van der Waals surface area contributed by atoms with Crippen LogP contribution in [0.1, 0.15) is 45.2 Å². The highest BCUT2D eigenvalue weighted by Crippen LogP contribution is 2.28. The molecule has 0 aliphatic carbocycles. The summed E-state index contributed by atoms with van der Waals surface area (Å²) in [5.74, 6) is 0.327. The Labute approximate surface area is 197 Å². The second-order valence-electron chi connectivity index (χ2n) is 8.83. The number of nitrogens with zero attached hydrogens (tertiary/aromatic N) is 1. The number of halogens is 1. The smallest absolute Gasteiger partial charge is 0.244 e. The van der Waals surface area contributed by atoms with Gasteiger partial charge >= 0.3 is 0 Å². The minimum atomic E-state index is -3.71. The molecule has 32 heavy (non-hydrogen) atoms. The largest absolute Gasteiger partial charge is 0.492 e. The molecule has 1 amide bonds. The van der Waals surface area contributed by atoms with Crippen LogP contribution in [0, 0.1) is 6.92 Å². The first-order chi connectivity index (χ1) is 14.8. The van der Waals surface area contributed by atoms with Crippen molar-refractivity contribution in [2.24, 2.45) is 0 Å². The average molecular weight is 481 g/mol. The van der Waals surface area contributed by atoms with Gasteiger partial charge in [0.1, 0.15) is 18.4 Å². The molecule has 2 aromatic rings. The maximum atomic E-state index is 12.8. The third-order valence-corrected chi connectivity index (χ3v) is 6.72. The number of sulfonamides is 1. The Hall–Kier alpha value is -2.25. The molecule has 0 aliphatic rings. The summed E-state index contributed by atoms with van der Waals surface area (Å²) in [6.07, 6.45) is 1.39. The summed E-state index contributed by atoms with van der Waals surface area (Å²) in [4.78, 5) is 12.8. The van der Waals surface area contributed by atoms with Gasteiger partial charge in [0.15, 0.2) is 0 Å². The van der Waals surface area contributed by atoms with Crippen LogP contribution in [0.4, 0.5) is 5.69 Å². The monoisotopic (exact) mass is 480 g/mol. The van der Waals surface area contributed by atoms with Gasteiger partial charge in [0.05, 0.1) is 18.5 Å². The minimum Gasteiger partial charge on any atom is -0.492 e. The first kappa shape index (κ1) is 26.0. The topological polar surface area (TPSA) is 75.7 Å². The normalized spacial score (nSPS) is 12.8. The van der Waals surface area contributed by atoms with Crippen LogP contribution in [0.5, 0.6) is 5.75 Å². The van der Waals surface area contributed by atoms with Gasteiger partial charge in [0.2, 0.25) is 15.9 Å². The zero-order valence-corrected chi connectivity index (χ0v) is 21.2. The highest BCUT2D eigenvalue weighted by atomic mass is 35.5. The van der Waals surface area contributed by atoms with Crippen molar-refractivity contribution in [1.82, 2.24) is 5.32 Å². The lowest BCUT2D eigenvalue weighted by atomic mass is 9.87. The van der Waals surface area contributed by atoms with E-state index in [9.17, 15) is 13.2 Å². The quantitative estimate of drug-likeness (QED) is 0.528. The summed E-state index contributed by atoms with van der Waals surface area (Å²) in [5.41, 5.74) is 2.46. The van der Waals surface area contributed by atoms with Gasteiger partial charge in [-0.15, -0.1) is 0 Å². The van der Waals surface area contributed by atoms with E-state index in [1.54, 1.807) is 25.1 Å². The van der Waals surface area contributed by atoms with Gasteiger partial charge in [-0.25, -0.2) is 8.42 Å². The van der Waals surface area contributed by atoms with Crippen LogP contribution in [-0.2, 0) is 20.2 Å². The van der Waals surface area contributed by atoms with E-state index >= 15 is 0 Å². The molecular weight excluding hydrogens is 448 g/mol. The van der Waals surface area contributed by atoms with E-state index in [1.165, 1.54) is 5.56 Å². The fourth-order valence-corrected chi connectivity index (χ4v) is 4.67. The van der Waals surface area contributed by atoms with Gasteiger partial charge in [0, 0.05) is 5.02 Å². The van der Waals surface area contributed by atoms with Gasteiger partial charge in [-0.2, -0.15) is 0 Å². The van der Waals surface area contributed by atoms with Crippen LogP contribution in [-0.4, -0.2) is 39.8 Å². The summed E-state index contributed by atoms with van der Waals surface area (Å²) < 4.78 is 31.9. The lowest BCUT2D eigenvalue weighted by Gasteiger charge is -2.30. The van der Waals surface area contributed by atoms with E-state index in [0.717, 1.165) is 16.1 Å². The molecule has 176 valence electrons. The van der Waals surface area contributed by atoms with E-state index < -0.39 is 16.1 Å². The average Bonchev–Trinajstić information content (AvgIpc) is 2.70. The number of anilines is 1. The number of benzene rings is 2. The zero-order valence-electron chi connectivity index (χ0n) is 19.6. The summed E-state index contributed by atoms with van der Waals surface area (Å²) in [7, 11) is -3.71. The molecule has 0 spiro atoms. The van der Waals surface area contributed by atoms with Gasteiger partial charge in [0.25, 0.3) is 0 Å². The van der Waals surface area contributed by atoms with E-state index in [4.69, 9.17) is 16.3 Å². The number of carbonyl (C=O) groups is 1. The molecule has 0 radical (unpaired) electrons. The fourth-order valence-electron chi connectivity index (χ4n) is 3.29. The highest BCUT2D eigenvalue weighted by Gasteiger charge is 2.31. The molecule has 6 nitrogen and oxygen atoms in total. The van der Waals surface area contributed by atoms with Gasteiger partial charge in [-0.3, -0.25) is 9.10 Å². The van der Waals surface area contributed by atoms with Crippen molar-refractivity contribution in [3.63, 3.8) is 0 Å². The maximum absolute atomic E-state index is 12.8. The van der Waals surface area contributed by atoms with Gasteiger partial charge < -0.3 is 10.1 Å².